The SMILES string of the molecule is Cc1ccc(OCCN(C)S(=O)(=O)c2ccccc2[N+](=O)[O-])cc1. The van der Waals surface area contributed by atoms with E-state index in [9.17, 15) is 18.5 Å². The van der Waals surface area contributed by atoms with Crippen LogP contribution >= 0.6 is 0 Å². The molecule has 0 heterocycles. The van der Waals surface area contributed by atoms with Crippen LogP contribution in [-0.2, 0) is 10.0 Å². The van der Waals surface area contributed by atoms with Crippen molar-refractivity contribution in [2.24, 2.45) is 0 Å². The van der Waals surface area contributed by atoms with Gasteiger partial charge in [-0.2, -0.15) is 4.31 Å². The van der Waals surface area contributed by atoms with E-state index in [2.05, 4.69) is 0 Å². The second-order valence-corrected chi connectivity index (χ2v) is 7.23. The topological polar surface area (TPSA) is 89.8 Å². The maximum atomic E-state index is 12.5. The average molecular weight is 350 g/mol. The molecule has 0 saturated carbocycles. The number of hydrogen-bond acceptors (Lipinski definition) is 5. The molecule has 2 aromatic rings. The molecule has 0 radical (unpaired) electrons. The fraction of sp³-hybridized carbons (Fsp3) is 0.250. The van der Waals surface area contributed by atoms with Crippen LogP contribution in [0.2, 0.25) is 0 Å². The molecule has 0 saturated heterocycles. The molecule has 0 aliphatic rings. The fourth-order valence-corrected chi connectivity index (χ4v) is 3.35. The van der Waals surface area contributed by atoms with E-state index in [4.69, 9.17) is 4.74 Å². The molecule has 8 heteroatoms. The summed E-state index contributed by atoms with van der Waals surface area (Å²) in [4.78, 5) is 9.98. The summed E-state index contributed by atoms with van der Waals surface area (Å²) in [5.41, 5.74) is 0.655. The van der Waals surface area contributed by atoms with Gasteiger partial charge in [-0.1, -0.05) is 29.8 Å². The molecule has 0 N–H and O–H groups in total. The van der Waals surface area contributed by atoms with Gasteiger partial charge in [-0.3, -0.25) is 10.1 Å². The van der Waals surface area contributed by atoms with Gasteiger partial charge in [0.2, 0.25) is 10.0 Å². The Morgan fingerprint density at radius 1 is 1.12 bits per heavy atom. The first-order valence-corrected chi connectivity index (χ1v) is 8.65. The van der Waals surface area contributed by atoms with Crippen molar-refractivity contribution in [3.8, 4) is 5.75 Å². The van der Waals surface area contributed by atoms with Gasteiger partial charge < -0.3 is 4.74 Å². The predicted molar refractivity (Wildman–Crippen MR) is 89.6 cm³/mol. The smallest absolute Gasteiger partial charge is 0.289 e. The highest BCUT2D eigenvalue weighted by Gasteiger charge is 2.28. The van der Waals surface area contributed by atoms with Crippen LogP contribution in [0.25, 0.3) is 0 Å². The van der Waals surface area contributed by atoms with Gasteiger partial charge in [-0.25, -0.2) is 8.42 Å². The lowest BCUT2D eigenvalue weighted by Crippen LogP contribution is -2.31. The third kappa shape index (κ3) is 4.09. The Morgan fingerprint density at radius 2 is 1.75 bits per heavy atom. The number of nitro benzene ring substituents is 1. The van der Waals surface area contributed by atoms with Gasteiger partial charge in [0.25, 0.3) is 5.69 Å². The lowest BCUT2D eigenvalue weighted by atomic mass is 10.2. The summed E-state index contributed by atoms with van der Waals surface area (Å²) >= 11 is 0. The molecule has 0 aromatic heterocycles. The first-order valence-electron chi connectivity index (χ1n) is 7.21. The Kier molecular flexibility index (Phi) is 5.53. The Morgan fingerprint density at radius 3 is 2.38 bits per heavy atom. The number of aryl methyl sites for hydroxylation is 1. The molecule has 7 nitrogen and oxygen atoms in total. The van der Waals surface area contributed by atoms with Crippen LogP contribution in [0.15, 0.2) is 53.4 Å². The summed E-state index contributed by atoms with van der Waals surface area (Å²) in [5, 5.41) is 11.0. The van der Waals surface area contributed by atoms with Crippen LogP contribution in [0.4, 0.5) is 5.69 Å². The molecule has 2 aromatic carbocycles. The van der Waals surface area contributed by atoms with Crippen molar-refractivity contribution in [2.45, 2.75) is 11.8 Å². The molecule has 24 heavy (non-hydrogen) atoms. The largest absolute Gasteiger partial charge is 0.492 e. The monoisotopic (exact) mass is 350 g/mol. The highest BCUT2D eigenvalue weighted by atomic mass is 32.2. The lowest BCUT2D eigenvalue weighted by Gasteiger charge is -2.17. The van der Waals surface area contributed by atoms with Crippen molar-refractivity contribution in [1.29, 1.82) is 0 Å². The zero-order valence-electron chi connectivity index (χ0n) is 13.4. The van der Waals surface area contributed by atoms with Crippen molar-refractivity contribution in [3.63, 3.8) is 0 Å². The van der Waals surface area contributed by atoms with Crippen LogP contribution in [0.1, 0.15) is 5.56 Å². The molecular formula is C16H18N2O5S. The van der Waals surface area contributed by atoms with E-state index in [0.717, 1.165) is 9.87 Å². The minimum Gasteiger partial charge on any atom is -0.492 e. The molecule has 0 atom stereocenters. The summed E-state index contributed by atoms with van der Waals surface area (Å²) in [5.74, 6) is 0.636. The number of sulfonamides is 1. The summed E-state index contributed by atoms with van der Waals surface area (Å²) < 4.78 is 31.6. The van der Waals surface area contributed by atoms with Gasteiger partial charge in [-0.05, 0) is 25.1 Å². The van der Waals surface area contributed by atoms with E-state index in [1.54, 1.807) is 12.1 Å². The summed E-state index contributed by atoms with van der Waals surface area (Å²) in [6.07, 6.45) is 0. The second kappa shape index (κ2) is 7.41. The van der Waals surface area contributed by atoms with Crippen LogP contribution in [0.3, 0.4) is 0 Å². The van der Waals surface area contributed by atoms with Gasteiger partial charge >= 0.3 is 0 Å². The predicted octanol–water partition coefficient (Wildman–Crippen LogP) is 2.60. The number of rotatable bonds is 7. The van der Waals surface area contributed by atoms with Crippen LogP contribution in [0.5, 0.6) is 5.75 Å². The van der Waals surface area contributed by atoms with Gasteiger partial charge in [-0.15, -0.1) is 0 Å². The maximum absolute atomic E-state index is 12.5. The lowest BCUT2D eigenvalue weighted by molar-refractivity contribution is -0.387. The fourth-order valence-electron chi connectivity index (χ4n) is 2.04. The quantitative estimate of drug-likeness (QED) is 0.565. The number of nitro groups is 1. The minimum absolute atomic E-state index is 0.0717. The van der Waals surface area contributed by atoms with Crippen LogP contribution in [-0.4, -0.2) is 37.8 Å². The first-order chi connectivity index (χ1) is 11.3. The summed E-state index contributed by atoms with van der Waals surface area (Å²) in [6.45, 7) is 2.17. The van der Waals surface area contributed by atoms with E-state index in [1.165, 1.54) is 31.3 Å². The highest BCUT2D eigenvalue weighted by Crippen LogP contribution is 2.25. The van der Waals surface area contributed by atoms with Crippen LogP contribution < -0.4 is 4.74 Å². The van der Waals surface area contributed by atoms with E-state index in [-0.39, 0.29) is 18.0 Å². The summed E-state index contributed by atoms with van der Waals surface area (Å²) in [6, 6.07) is 12.7. The molecular weight excluding hydrogens is 332 g/mol. The second-order valence-electron chi connectivity index (χ2n) is 5.21. The average Bonchev–Trinajstić information content (AvgIpc) is 2.56. The van der Waals surface area contributed by atoms with Crippen LogP contribution in [0, 0.1) is 17.0 Å². The van der Waals surface area contributed by atoms with Gasteiger partial charge in [0.1, 0.15) is 12.4 Å². The molecule has 0 amide bonds. The number of benzene rings is 2. The zero-order valence-corrected chi connectivity index (χ0v) is 14.2. The zero-order chi connectivity index (χ0) is 17.7. The summed E-state index contributed by atoms with van der Waals surface area (Å²) in [7, 11) is -2.60. The van der Waals surface area contributed by atoms with Crippen molar-refractivity contribution >= 4 is 15.7 Å². The Hall–Kier alpha value is -2.45. The Bertz CT molecular complexity index is 819. The number of nitrogens with zero attached hydrogens (tertiary/aromatic N) is 2. The normalized spacial score (nSPS) is 11.5. The molecule has 0 aliphatic carbocycles. The van der Waals surface area contributed by atoms with Gasteiger partial charge in [0.05, 0.1) is 4.92 Å². The Labute approximate surface area is 140 Å². The molecule has 0 aliphatic heterocycles. The number of likely N-dealkylation sites (N-methyl/N-ethyl adjacent to an activating group) is 1. The van der Waals surface area contributed by atoms with Crippen molar-refractivity contribution in [3.05, 3.63) is 64.2 Å². The first kappa shape index (κ1) is 17.9. The third-order valence-electron chi connectivity index (χ3n) is 3.45. The molecule has 0 spiro atoms. The molecule has 0 bridgehead atoms. The van der Waals surface area contributed by atoms with Gasteiger partial charge in [0.15, 0.2) is 4.90 Å². The third-order valence-corrected chi connectivity index (χ3v) is 5.35. The maximum Gasteiger partial charge on any atom is 0.289 e. The Balaban J connectivity index is 2.07. The molecule has 128 valence electrons. The molecule has 0 fully saturated rings. The standard InChI is InChI=1S/C16H18N2O5S/c1-13-7-9-14(10-8-13)23-12-11-17(2)24(21,22)16-6-4-3-5-15(16)18(19)20/h3-10H,11-12H2,1-2H3. The number of para-hydroxylation sites is 1. The van der Waals surface area contributed by atoms with E-state index in [0.29, 0.717) is 5.75 Å². The van der Waals surface area contributed by atoms with E-state index < -0.39 is 20.6 Å². The highest BCUT2D eigenvalue weighted by molar-refractivity contribution is 7.89. The van der Waals surface area contributed by atoms with Gasteiger partial charge in [0, 0.05) is 19.7 Å². The van der Waals surface area contributed by atoms with E-state index >= 15 is 0 Å². The van der Waals surface area contributed by atoms with Crippen molar-refractivity contribution in [2.75, 3.05) is 20.2 Å². The van der Waals surface area contributed by atoms with E-state index in [1.807, 2.05) is 19.1 Å². The molecule has 0 unspecified atom stereocenters. The number of hydrogen-bond donors (Lipinski definition) is 0. The minimum atomic E-state index is -3.96. The molecule has 2 rings (SSSR count). The van der Waals surface area contributed by atoms with Crippen molar-refractivity contribution in [1.82, 2.24) is 4.31 Å². The van der Waals surface area contributed by atoms with Crippen molar-refractivity contribution < 1.29 is 18.1 Å². The number of ether oxygens (including phenoxy) is 1.